The van der Waals surface area contributed by atoms with E-state index in [2.05, 4.69) is 25.7 Å². The number of nitrogens with zero attached hydrogens (tertiary/aromatic N) is 4. The van der Waals surface area contributed by atoms with E-state index in [0.29, 0.717) is 18.0 Å². The summed E-state index contributed by atoms with van der Waals surface area (Å²) in [5.41, 5.74) is 2.09. The fourth-order valence-electron chi connectivity index (χ4n) is 2.83. The van der Waals surface area contributed by atoms with Gasteiger partial charge in [-0.15, -0.1) is 24.0 Å². The smallest absolute Gasteiger partial charge is 0.191 e. The Hall–Kier alpha value is -2.47. The summed E-state index contributed by atoms with van der Waals surface area (Å²) >= 11 is 0. The Morgan fingerprint density at radius 3 is 2.52 bits per heavy atom. The molecule has 10 heteroatoms. The molecule has 8 nitrogen and oxygen atoms in total. The van der Waals surface area contributed by atoms with Crippen LogP contribution >= 0.6 is 24.0 Å². The Balaban J connectivity index is 0.00000341. The number of sulfone groups is 1. The van der Waals surface area contributed by atoms with Gasteiger partial charge in [-0.3, -0.25) is 0 Å². The molecular formula is C21H27IN6O2S. The zero-order chi connectivity index (χ0) is 21.4. The van der Waals surface area contributed by atoms with Crippen molar-refractivity contribution in [1.29, 1.82) is 0 Å². The second kappa shape index (κ2) is 11.8. The molecule has 0 aliphatic rings. The average Bonchev–Trinajstić information content (AvgIpc) is 3.27. The molecule has 166 valence electrons. The Morgan fingerprint density at radius 1 is 1.10 bits per heavy atom. The van der Waals surface area contributed by atoms with E-state index < -0.39 is 9.84 Å². The van der Waals surface area contributed by atoms with E-state index in [9.17, 15) is 8.42 Å². The maximum absolute atomic E-state index is 11.6. The number of hydrogen-bond donors (Lipinski definition) is 2. The monoisotopic (exact) mass is 554 g/mol. The van der Waals surface area contributed by atoms with Crippen LogP contribution in [0.4, 0.5) is 0 Å². The minimum Gasteiger partial charge on any atom is -0.357 e. The Kier molecular flexibility index (Phi) is 9.44. The Bertz CT molecular complexity index is 1080. The summed E-state index contributed by atoms with van der Waals surface area (Å²) in [5.74, 6) is 1.48. The molecular weight excluding hydrogens is 527 g/mol. The third-order valence-electron chi connectivity index (χ3n) is 4.37. The summed E-state index contributed by atoms with van der Waals surface area (Å²) in [7, 11) is -3.17. The lowest BCUT2D eigenvalue weighted by molar-refractivity contribution is 0.602. The molecule has 3 rings (SSSR count). The van der Waals surface area contributed by atoms with Crippen LogP contribution in [-0.2, 0) is 22.8 Å². The van der Waals surface area contributed by atoms with Gasteiger partial charge in [-0.1, -0.05) is 12.1 Å². The molecule has 2 heterocycles. The normalized spacial score (nSPS) is 11.6. The van der Waals surface area contributed by atoms with E-state index in [-0.39, 0.29) is 24.0 Å². The van der Waals surface area contributed by atoms with Crippen molar-refractivity contribution < 1.29 is 8.42 Å². The summed E-state index contributed by atoms with van der Waals surface area (Å²) in [6, 6.07) is 12.7. The number of rotatable bonds is 8. The van der Waals surface area contributed by atoms with E-state index in [1.165, 1.54) is 6.26 Å². The molecule has 3 aromatic rings. The molecule has 31 heavy (non-hydrogen) atoms. The first-order chi connectivity index (χ1) is 14.5. The van der Waals surface area contributed by atoms with Crippen LogP contribution in [0.3, 0.4) is 0 Å². The highest BCUT2D eigenvalue weighted by molar-refractivity contribution is 14.0. The van der Waals surface area contributed by atoms with E-state index in [4.69, 9.17) is 0 Å². The lowest BCUT2D eigenvalue weighted by Gasteiger charge is -2.12. The predicted molar refractivity (Wildman–Crippen MR) is 133 cm³/mol. The van der Waals surface area contributed by atoms with Crippen molar-refractivity contribution in [2.75, 3.05) is 19.3 Å². The third kappa shape index (κ3) is 7.62. The summed E-state index contributed by atoms with van der Waals surface area (Å²) in [6.45, 7) is 3.96. The van der Waals surface area contributed by atoms with Gasteiger partial charge in [0.05, 0.1) is 11.4 Å². The van der Waals surface area contributed by atoms with Gasteiger partial charge in [0.2, 0.25) is 0 Å². The maximum Gasteiger partial charge on any atom is 0.191 e. The first-order valence-electron chi connectivity index (χ1n) is 9.72. The zero-order valence-corrected chi connectivity index (χ0v) is 20.7. The van der Waals surface area contributed by atoms with Crippen LogP contribution in [0.1, 0.15) is 18.1 Å². The number of halogens is 1. The van der Waals surface area contributed by atoms with Gasteiger partial charge in [-0.05, 0) is 54.8 Å². The SMILES string of the molecule is CCNC(=NCc1ccnc(-n2cccn2)c1)NCCc1ccc(S(C)(=O)=O)cc1.I. The molecule has 2 N–H and O–H groups in total. The van der Waals surface area contributed by atoms with Crippen LogP contribution in [-0.4, -0.2) is 48.5 Å². The van der Waals surface area contributed by atoms with Gasteiger partial charge in [0, 0.05) is 37.9 Å². The van der Waals surface area contributed by atoms with E-state index in [1.54, 1.807) is 29.2 Å². The van der Waals surface area contributed by atoms with Gasteiger partial charge in [0.15, 0.2) is 21.6 Å². The van der Waals surface area contributed by atoms with Crippen LogP contribution in [0.5, 0.6) is 0 Å². The number of aliphatic imine (C=N–C) groups is 1. The molecule has 0 saturated heterocycles. The van der Waals surface area contributed by atoms with E-state index >= 15 is 0 Å². The minimum atomic E-state index is -3.17. The molecule has 0 spiro atoms. The standard InChI is InChI=1S/C21H26N6O2S.HI/c1-3-22-21(24-13-9-17-5-7-19(8-6-17)30(2,28)29)25-16-18-10-12-23-20(15-18)27-14-4-11-26-27;/h4-8,10-12,14-15H,3,9,13,16H2,1-2H3,(H2,22,24,25);1H. The minimum absolute atomic E-state index is 0. The van der Waals surface area contributed by atoms with E-state index in [1.807, 2.05) is 43.5 Å². The summed E-state index contributed by atoms with van der Waals surface area (Å²) < 4.78 is 24.8. The first-order valence-corrected chi connectivity index (χ1v) is 11.6. The molecule has 0 aliphatic carbocycles. The van der Waals surface area contributed by atoms with Gasteiger partial charge in [0.1, 0.15) is 0 Å². The number of guanidine groups is 1. The van der Waals surface area contributed by atoms with Crippen LogP contribution < -0.4 is 10.6 Å². The van der Waals surface area contributed by atoms with Crippen molar-refractivity contribution in [3.05, 3.63) is 72.2 Å². The molecule has 0 atom stereocenters. The Morgan fingerprint density at radius 2 is 1.87 bits per heavy atom. The van der Waals surface area contributed by atoms with E-state index in [0.717, 1.165) is 35.9 Å². The first kappa shape index (κ1) is 24.8. The lowest BCUT2D eigenvalue weighted by Crippen LogP contribution is -2.38. The highest BCUT2D eigenvalue weighted by Gasteiger charge is 2.06. The molecule has 1 aromatic carbocycles. The van der Waals surface area contributed by atoms with Crippen molar-refractivity contribution in [3.8, 4) is 5.82 Å². The topological polar surface area (TPSA) is 101 Å². The highest BCUT2D eigenvalue weighted by Crippen LogP contribution is 2.10. The number of benzene rings is 1. The molecule has 0 amide bonds. The fraction of sp³-hybridized carbons (Fsp3) is 0.286. The van der Waals surface area contributed by atoms with Crippen LogP contribution in [0.2, 0.25) is 0 Å². The van der Waals surface area contributed by atoms with Gasteiger partial charge < -0.3 is 10.6 Å². The van der Waals surface area contributed by atoms with Crippen molar-refractivity contribution in [3.63, 3.8) is 0 Å². The largest absolute Gasteiger partial charge is 0.357 e. The van der Waals surface area contributed by atoms with Crippen LogP contribution in [0.15, 0.2) is 70.9 Å². The quantitative estimate of drug-likeness (QED) is 0.252. The maximum atomic E-state index is 11.6. The number of pyridine rings is 1. The zero-order valence-electron chi connectivity index (χ0n) is 17.5. The summed E-state index contributed by atoms with van der Waals surface area (Å²) in [6.07, 6.45) is 7.29. The average molecular weight is 554 g/mol. The fourth-order valence-corrected chi connectivity index (χ4v) is 3.46. The van der Waals surface area contributed by atoms with Gasteiger partial charge in [0.25, 0.3) is 0 Å². The van der Waals surface area contributed by atoms with Gasteiger partial charge in [-0.2, -0.15) is 5.10 Å². The Labute approximate surface area is 200 Å². The van der Waals surface area contributed by atoms with Crippen molar-refractivity contribution in [2.24, 2.45) is 4.99 Å². The van der Waals surface area contributed by atoms with Gasteiger partial charge in [-0.25, -0.2) is 23.1 Å². The molecule has 0 aliphatic heterocycles. The van der Waals surface area contributed by atoms with Gasteiger partial charge >= 0.3 is 0 Å². The molecule has 0 radical (unpaired) electrons. The number of hydrogen-bond acceptors (Lipinski definition) is 5. The second-order valence-electron chi connectivity index (χ2n) is 6.76. The third-order valence-corrected chi connectivity index (χ3v) is 5.50. The van der Waals surface area contributed by atoms with Crippen molar-refractivity contribution in [1.82, 2.24) is 25.4 Å². The number of nitrogens with one attached hydrogen (secondary N) is 2. The lowest BCUT2D eigenvalue weighted by atomic mass is 10.1. The molecule has 0 fully saturated rings. The van der Waals surface area contributed by atoms with Crippen LogP contribution in [0.25, 0.3) is 5.82 Å². The second-order valence-corrected chi connectivity index (χ2v) is 8.78. The van der Waals surface area contributed by atoms with Crippen LogP contribution in [0, 0.1) is 0 Å². The summed E-state index contributed by atoms with van der Waals surface area (Å²) in [5, 5.41) is 10.8. The molecule has 0 bridgehead atoms. The van der Waals surface area contributed by atoms with Crippen molar-refractivity contribution in [2.45, 2.75) is 24.8 Å². The summed E-state index contributed by atoms with van der Waals surface area (Å²) in [4.78, 5) is 9.31. The highest BCUT2D eigenvalue weighted by atomic mass is 127. The predicted octanol–water partition coefficient (Wildman–Crippen LogP) is 2.59. The molecule has 0 saturated carbocycles. The van der Waals surface area contributed by atoms with Crippen molar-refractivity contribution >= 4 is 39.8 Å². The molecule has 2 aromatic heterocycles. The number of aromatic nitrogens is 3. The molecule has 0 unspecified atom stereocenters.